The minimum absolute atomic E-state index is 0.0585. The van der Waals surface area contributed by atoms with Gasteiger partial charge in [0.2, 0.25) is 5.91 Å². The number of methoxy groups -OCH3 is 1. The van der Waals surface area contributed by atoms with Gasteiger partial charge in [-0.2, -0.15) is 8.42 Å². The monoisotopic (exact) mass is 301 g/mol. The van der Waals surface area contributed by atoms with Crippen LogP contribution >= 0.6 is 0 Å². The van der Waals surface area contributed by atoms with Crippen LogP contribution in [0.25, 0.3) is 0 Å². The van der Waals surface area contributed by atoms with Gasteiger partial charge in [-0.1, -0.05) is 12.1 Å². The Morgan fingerprint density at radius 1 is 1.35 bits per heavy atom. The average molecular weight is 301 g/mol. The first-order valence-electron chi connectivity index (χ1n) is 6.19. The highest BCUT2D eigenvalue weighted by molar-refractivity contribution is 7.86. The Morgan fingerprint density at radius 3 is 2.55 bits per heavy atom. The fourth-order valence-electron chi connectivity index (χ4n) is 2.36. The number of amides is 1. The van der Waals surface area contributed by atoms with Crippen molar-refractivity contribution in [3.63, 3.8) is 0 Å². The summed E-state index contributed by atoms with van der Waals surface area (Å²) < 4.78 is 38.9. The van der Waals surface area contributed by atoms with E-state index in [1.165, 1.54) is 4.90 Å². The molecule has 0 N–H and O–H groups in total. The number of halogens is 1. The van der Waals surface area contributed by atoms with E-state index in [4.69, 9.17) is 4.74 Å². The highest BCUT2D eigenvalue weighted by Gasteiger charge is 2.33. The Labute approximate surface area is 117 Å². The topological polar surface area (TPSA) is 63.7 Å². The minimum Gasteiger partial charge on any atom is -0.380 e. The molecule has 0 saturated carbocycles. The fraction of sp³-hybridized carbons (Fsp3) is 0.462. The molecule has 7 heteroatoms. The Morgan fingerprint density at radius 2 is 2.00 bits per heavy atom. The zero-order valence-corrected chi connectivity index (χ0v) is 11.9. The molecule has 1 unspecified atom stereocenters. The highest BCUT2D eigenvalue weighted by atomic mass is 32.3. The van der Waals surface area contributed by atoms with Gasteiger partial charge in [0.25, 0.3) is 0 Å². The maximum atomic E-state index is 12.7. The molecule has 0 aromatic heterocycles. The highest BCUT2D eigenvalue weighted by Crippen LogP contribution is 2.26. The predicted octanol–water partition coefficient (Wildman–Crippen LogP) is 1.49. The summed E-state index contributed by atoms with van der Waals surface area (Å²) in [4.78, 5) is 13.4. The first kappa shape index (κ1) is 14.9. The van der Waals surface area contributed by atoms with Crippen molar-refractivity contribution in [2.75, 3.05) is 24.3 Å². The molecule has 1 aromatic rings. The number of nitrogens with zero attached hydrogens (tertiary/aromatic N) is 1. The first-order chi connectivity index (χ1) is 9.39. The molecule has 0 spiro atoms. The molecular weight excluding hydrogens is 285 g/mol. The van der Waals surface area contributed by atoms with E-state index >= 15 is 0 Å². The summed E-state index contributed by atoms with van der Waals surface area (Å²) in [5.74, 6) is -1.27. The molecule has 110 valence electrons. The van der Waals surface area contributed by atoms with Crippen LogP contribution in [0.3, 0.4) is 0 Å². The largest absolute Gasteiger partial charge is 0.380 e. The molecule has 5 nitrogen and oxygen atoms in total. The lowest BCUT2D eigenvalue weighted by Gasteiger charge is -2.16. The second-order valence-corrected chi connectivity index (χ2v) is 6.29. The number of rotatable bonds is 5. The second kappa shape index (κ2) is 5.88. The van der Waals surface area contributed by atoms with Gasteiger partial charge in [0.05, 0.1) is 12.4 Å². The third-order valence-electron chi connectivity index (χ3n) is 3.20. The quantitative estimate of drug-likeness (QED) is 0.773. The van der Waals surface area contributed by atoms with Gasteiger partial charge >= 0.3 is 10.2 Å². The van der Waals surface area contributed by atoms with Gasteiger partial charge in [0, 0.05) is 31.7 Å². The maximum absolute atomic E-state index is 12.7. The molecule has 0 aliphatic carbocycles. The van der Waals surface area contributed by atoms with Crippen molar-refractivity contribution in [3.8, 4) is 0 Å². The summed E-state index contributed by atoms with van der Waals surface area (Å²) in [5.41, 5.74) is 1.67. The molecule has 1 saturated heterocycles. The molecule has 20 heavy (non-hydrogen) atoms. The van der Waals surface area contributed by atoms with Gasteiger partial charge < -0.3 is 9.64 Å². The van der Waals surface area contributed by atoms with Gasteiger partial charge in [-0.25, -0.2) is 0 Å². The number of ether oxygens (including phenoxy) is 1. The molecule has 0 bridgehead atoms. The van der Waals surface area contributed by atoms with Crippen molar-refractivity contribution in [2.24, 2.45) is 5.92 Å². The van der Waals surface area contributed by atoms with Gasteiger partial charge in [0.1, 0.15) is 0 Å². The Bertz CT molecular complexity index is 585. The summed E-state index contributed by atoms with van der Waals surface area (Å²) in [7, 11) is -2.95. The SMILES string of the molecule is COCc1ccc(N2CC(CS(=O)(=O)F)CC2=O)cc1. The summed E-state index contributed by atoms with van der Waals surface area (Å²) in [6.07, 6.45) is 0.0585. The van der Waals surface area contributed by atoms with Crippen LogP contribution in [0.4, 0.5) is 9.57 Å². The zero-order valence-electron chi connectivity index (χ0n) is 11.1. The summed E-state index contributed by atoms with van der Waals surface area (Å²) in [6, 6.07) is 7.23. The lowest BCUT2D eigenvalue weighted by Crippen LogP contribution is -2.25. The van der Waals surface area contributed by atoms with E-state index < -0.39 is 21.9 Å². The number of hydrogen-bond donors (Lipinski definition) is 0. The second-order valence-electron chi connectivity index (χ2n) is 4.88. The van der Waals surface area contributed by atoms with E-state index in [9.17, 15) is 17.1 Å². The van der Waals surface area contributed by atoms with E-state index in [1.54, 1.807) is 19.2 Å². The predicted molar refractivity (Wildman–Crippen MR) is 72.5 cm³/mol. The van der Waals surface area contributed by atoms with Crippen molar-refractivity contribution < 1.29 is 21.8 Å². The zero-order chi connectivity index (χ0) is 14.8. The number of anilines is 1. The molecular formula is C13H16FNO4S. The summed E-state index contributed by atoms with van der Waals surface area (Å²) >= 11 is 0. The normalized spacial score (nSPS) is 19.6. The molecule has 1 aromatic carbocycles. The van der Waals surface area contributed by atoms with Crippen molar-refractivity contribution in [2.45, 2.75) is 13.0 Å². The van der Waals surface area contributed by atoms with Crippen LogP contribution in [-0.4, -0.2) is 33.7 Å². The van der Waals surface area contributed by atoms with Gasteiger partial charge in [0.15, 0.2) is 0 Å². The van der Waals surface area contributed by atoms with Crippen LogP contribution in [-0.2, 0) is 26.4 Å². The van der Waals surface area contributed by atoms with Crippen LogP contribution in [0.5, 0.6) is 0 Å². The first-order valence-corrected chi connectivity index (χ1v) is 7.75. The number of carbonyl (C=O) groups excluding carboxylic acids is 1. The molecule has 1 heterocycles. The number of benzene rings is 1. The van der Waals surface area contributed by atoms with Crippen molar-refractivity contribution in [1.82, 2.24) is 0 Å². The molecule has 1 fully saturated rings. The average Bonchev–Trinajstić information content (AvgIpc) is 2.69. The smallest absolute Gasteiger partial charge is 0.302 e. The van der Waals surface area contributed by atoms with Crippen LogP contribution in [0, 0.1) is 5.92 Å². The lowest BCUT2D eigenvalue weighted by atomic mass is 10.1. The van der Waals surface area contributed by atoms with E-state index in [-0.39, 0.29) is 18.9 Å². The molecule has 1 amide bonds. The van der Waals surface area contributed by atoms with Gasteiger partial charge in [-0.05, 0) is 17.7 Å². The Balaban J connectivity index is 2.07. The fourth-order valence-corrected chi connectivity index (χ4v) is 3.15. The van der Waals surface area contributed by atoms with E-state index in [2.05, 4.69) is 0 Å². The van der Waals surface area contributed by atoms with Crippen LogP contribution in [0.1, 0.15) is 12.0 Å². The standard InChI is InChI=1S/C13H16FNO4S/c1-19-8-10-2-4-12(5-3-10)15-7-11(6-13(15)16)9-20(14,17)18/h2-5,11H,6-9H2,1H3. The van der Waals surface area contributed by atoms with Gasteiger partial charge in [-0.3, -0.25) is 4.79 Å². The molecule has 1 aliphatic rings. The van der Waals surface area contributed by atoms with Crippen LogP contribution in [0.15, 0.2) is 24.3 Å². The molecule has 1 atom stereocenters. The minimum atomic E-state index is -4.55. The van der Waals surface area contributed by atoms with Gasteiger partial charge in [-0.15, -0.1) is 3.89 Å². The van der Waals surface area contributed by atoms with Crippen molar-refractivity contribution in [1.29, 1.82) is 0 Å². The number of hydrogen-bond acceptors (Lipinski definition) is 4. The third-order valence-corrected chi connectivity index (χ3v) is 4.07. The number of carbonyl (C=O) groups is 1. The van der Waals surface area contributed by atoms with Crippen LogP contribution in [0.2, 0.25) is 0 Å². The molecule has 2 rings (SSSR count). The lowest BCUT2D eigenvalue weighted by molar-refractivity contribution is -0.117. The Kier molecular flexibility index (Phi) is 4.39. The van der Waals surface area contributed by atoms with E-state index in [1.807, 2.05) is 12.1 Å². The molecule has 0 radical (unpaired) electrons. The summed E-state index contributed by atoms with van der Waals surface area (Å²) in [5, 5.41) is 0. The third kappa shape index (κ3) is 3.77. The van der Waals surface area contributed by atoms with E-state index in [0.717, 1.165) is 5.56 Å². The molecule has 1 aliphatic heterocycles. The van der Waals surface area contributed by atoms with E-state index in [0.29, 0.717) is 12.3 Å². The summed E-state index contributed by atoms with van der Waals surface area (Å²) in [6.45, 7) is 0.711. The van der Waals surface area contributed by atoms with Crippen molar-refractivity contribution >= 4 is 21.8 Å². The Hall–Kier alpha value is -1.47. The maximum Gasteiger partial charge on any atom is 0.302 e. The van der Waals surface area contributed by atoms with Crippen LogP contribution < -0.4 is 4.90 Å². The van der Waals surface area contributed by atoms with Crippen molar-refractivity contribution in [3.05, 3.63) is 29.8 Å².